The lowest BCUT2D eigenvalue weighted by molar-refractivity contribution is 0.0945. The Bertz CT molecular complexity index is 900. The zero-order chi connectivity index (χ0) is 19.2. The molecule has 0 saturated carbocycles. The van der Waals surface area contributed by atoms with E-state index in [1.54, 1.807) is 29.5 Å². The van der Waals surface area contributed by atoms with E-state index < -0.39 is 0 Å². The van der Waals surface area contributed by atoms with Crippen LogP contribution in [-0.2, 0) is 13.1 Å². The molecule has 11 nitrogen and oxygen atoms in total. The van der Waals surface area contributed by atoms with Gasteiger partial charge in [-0.25, -0.2) is 9.97 Å². The summed E-state index contributed by atoms with van der Waals surface area (Å²) in [6, 6.07) is 0.519. The molecule has 1 saturated heterocycles. The second-order valence-corrected chi connectivity index (χ2v) is 6.68. The zero-order valence-corrected chi connectivity index (χ0v) is 15.4. The summed E-state index contributed by atoms with van der Waals surface area (Å²) < 4.78 is 1.71. The van der Waals surface area contributed by atoms with Gasteiger partial charge in [0.05, 0.1) is 18.9 Å². The molecule has 3 aromatic rings. The highest BCUT2D eigenvalue weighted by atomic mass is 16.2. The van der Waals surface area contributed by atoms with E-state index in [-0.39, 0.29) is 18.1 Å². The number of carbonyl (C=O) groups excluding carboxylic acids is 1. The highest BCUT2D eigenvalue weighted by Crippen LogP contribution is 2.11. The Kier molecular flexibility index (Phi) is 5.61. The van der Waals surface area contributed by atoms with E-state index in [1.165, 1.54) is 19.3 Å². The van der Waals surface area contributed by atoms with Crippen LogP contribution in [0, 0.1) is 0 Å². The minimum Gasteiger partial charge on any atom is -0.343 e. The first-order chi connectivity index (χ1) is 13.8. The standard InChI is InChI=1S/C17H22N10O/c28-17(14-11-27(26-23-14)8-4-12-3-1-2-5-19-12)21-10-15-22-16(25-24-15)13-9-18-6-7-20-13/h6-7,9,11-12,19H,1-5,8,10H2,(H,21,28)(H,22,24,25). The molecule has 11 heteroatoms. The Balaban J connectivity index is 1.27. The van der Waals surface area contributed by atoms with Crippen LogP contribution >= 0.6 is 0 Å². The molecule has 0 radical (unpaired) electrons. The summed E-state index contributed by atoms with van der Waals surface area (Å²) >= 11 is 0. The molecule has 0 spiro atoms. The summed E-state index contributed by atoms with van der Waals surface area (Å²) in [4.78, 5) is 24.7. The number of aromatic amines is 1. The fourth-order valence-corrected chi connectivity index (χ4v) is 3.13. The molecule has 4 heterocycles. The zero-order valence-electron chi connectivity index (χ0n) is 15.4. The van der Waals surface area contributed by atoms with Crippen molar-refractivity contribution in [2.75, 3.05) is 6.54 Å². The normalized spacial score (nSPS) is 16.8. The van der Waals surface area contributed by atoms with Gasteiger partial charge in [0.25, 0.3) is 5.91 Å². The van der Waals surface area contributed by atoms with Gasteiger partial charge in [0.2, 0.25) is 5.82 Å². The van der Waals surface area contributed by atoms with Crippen molar-refractivity contribution in [1.82, 2.24) is 50.8 Å². The van der Waals surface area contributed by atoms with Gasteiger partial charge in [0.1, 0.15) is 11.5 Å². The van der Waals surface area contributed by atoms with Crippen LogP contribution in [-0.4, -0.2) is 58.6 Å². The minimum absolute atomic E-state index is 0.199. The minimum atomic E-state index is -0.306. The Morgan fingerprint density at radius 3 is 3.11 bits per heavy atom. The maximum Gasteiger partial charge on any atom is 0.273 e. The lowest BCUT2D eigenvalue weighted by atomic mass is 10.0. The summed E-state index contributed by atoms with van der Waals surface area (Å²) in [6.45, 7) is 2.02. The Hall–Kier alpha value is -3.21. The molecule has 4 rings (SSSR count). The van der Waals surface area contributed by atoms with Gasteiger partial charge in [-0.1, -0.05) is 11.6 Å². The summed E-state index contributed by atoms with van der Waals surface area (Å²) in [5.41, 5.74) is 0.844. The second kappa shape index (κ2) is 8.65. The smallest absolute Gasteiger partial charge is 0.273 e. The van der Waals surface area contributed by atoms with Crippen LogP contribution in [0.1, 0.15) is 42.0 Å². The molecule has 1 aliphatic rings. The lowest BCUT2D eigenvalue weighted by Gasteiger charge is -2.23. The van der Waals surface area contributed by atoms with Crippen molar-refractivity contribution in [2.24, 2.45) is 0 Å². The molecule has 1 unspecified atom stereocenters. The Morgan fingerprint density at radius 2 is 2.29 bits per heavy atom. The van der Waals surface area contributed by atoms with Crippen LogP contribution in [0.15, 0.2) is 24.8 Å². The van der Waals surface area contributed by atoms with E-state index in [4.69, 9.17) is 0 Å². The van der Waals surface area contributed by atoms with E-state index in [9.17, 15) is 4.79 Å². The number of amides is 1. The van der Waals surface area contributed by atoms with Gasteiger partial charge in [-0.2, -0.15) is 5.10 Å². The summed E-state index contributed by atoms with van der Waals surface area (Å²) in [6.07, 6.45) is 11.1. The SMILES string of the molecule is O=C(NCc1nc(-c2cnccn2)n[nH]1)c1cn(CCC2CCCCN2)nn1. The van der Waals surface area contributed by atoms with Crippen LogP contribution in [0.2, 0.25) is 0 Å². The number of hydrogen-bond donors (Lipinski definition) is 3. The molecule has 1 aliphatic heterocycles. The summed E-state index contributed by atoms with van der Waals surface area (Å²) in [7, 11) is 0. The Morgan fingerprint density at radius 1 is 1.32 bits per heavy atom. The van der Waals surface area contributed by atoms with E-state index in [1.807, 2.05) is 0 Å². The van der Waals surface area contributed by atoms with Crippen LogP contribution in [0.4, 0.5) is 0 Å². The average molecular weight is 382 g/mol. The molecule has 3 N–H and O–H groups in total. The topological polar surface area (TPSA) is 139 Å². The van der Waals surface area contributed by atoms with Crippen LogP contribution in [0.3, 0.4) is 0 Å². The number of aromatic nitrogens is 8. The molecule has 1 fully saturated rings. The highest BCUT2D eigenvalue weighted by Gasteiger charge is 2.15. The third-order valence-corrected chi connectivity index (χ3v) is 4.63. The van der Waals surface area contributed by atoms with E-state index >= 15 is 0 Å². The van der Waals surface area contributed by atoms with Crippen LogP contribution in [0.25, 0.3) is 11.5 Å². The molecule has 28 heavy (non-hydrogen) atoms. The van der Waals surface area contributed by atoms with Gasteiger partial charge < -0.3 is 10.6 Å². The predicted molar refractivity (Wildman–Crippen MR) is 98.9 cm³/mol. The largest absolute Gasteiger partial charge is 0.343 e. The highest BCUT2D eigenvalue weighted by molar-refractivity contribution is 5.91. The van der Waals surface area contributed by atoms with Gasteiger partial charge in [0.15, 0.2) is 5.69 Å². The van der Waals surface area contributed by atoms with Crippen LogP contribution in [0.5, 0.6) is 0 Å². The van der Waals surface area contributed by atoms with Crippen molar-refractivity contribution in [3.8, 4) is 11.5 Å². The molecule has 3 aromatic heterocycles. The quantitative estimate of drug-likeness (QED) is 0.531. The van der Waals surface area contributed by atoms with Gasteiger partial charge >= 0.3 is 0 Å². The van der Waals surface area contributed by atoms with E-state index in [2.05, 4.69) is 46.1 Å². The first-order valence-electron chi connectivity index (χ1n) is 9.37. The van der Waals surface area contributed by atoms with Crippen molar-refractivity contribution in [2.45, 2.75) is 44.8 Å². The molecule has 0 aliphatic carbocycles. The number of nitrogens with zero attached hydrogens (tertiary/aromatic N) is 7. The molecular formula is C17H22N10O. The average Bonchev–Trinajstić information content (AvgIpc) is 3.42. The number of H-pyrrole nitrogens is 1. The van der Waals surface area contributed by atoms with Gasteiger partial charge in [-0.05, 0) is 25.8 Å². The number of rotatable bonds is 7. The van der Waals surface area contributed by atoms with Crippen molar-refractivity contribution >= 4 is 5.91 Å². The third kappa shape index (κ3) is 4.55. The van der Waals surface area contributed by atoms with E-state index in [0.717, 1.165) is 19.5 Å². The molecule has 1 amide bonds. The van der Waals surface area contributed by atoms with Gasteiger partial charge in [-0.3, -0.25) is 19.6 Å². The number of aryl methyl sites for hydroxylation is 1. The van der Waals surface area contributed by atoms with Crippen LogP contribution < -0.4 is 10.6 Å². The maximum atomic E-state index is 12.3. The van der Waals surface area contributed by atoms with Crippen molar-refractivity contribution in [1.29, 1.82) is 0 Å². The second-order valence-electron chi connectivity index (χ2n) is 6.68. The molecule has 0 aromatic carbocycles. The fraction of sp³-hybridized carbons (Fsp3) is 0.471. The first kappa shape index (κ1) is 18.2. The molecule has 0 bridgehead atoms. The first-order valence-corrected chi connectivity index (χ1v) is 9.37. The van der Waals surface area contributed by atoms with Gasteiger partial charge in [0, 0.05) is 25.0 Å². The summed E-state index contributed by atoms with van der Waals surface area (Å²) in [5, 5.41) is 21.1. The monoisotopic (exact) mass is 382 g/mol. The van der Waals surface area contributed by atoms with Crippen molar-refractivity contribution < 1.29 is 4.79 Å². The fourth-order valence-electron chi connectivity index (χ4n) is 3.13. The lowest BCUT2D eigenvalue weighted by Crippen LogP contribution is -2.34. The Labute approximate surface area is 161 Å². The molecule has 1 atom stereocenters. The number of carbonyl (C=O) groups is 1. The van der Waals surface area contributed by atoms with E-state index in [0.29, 0.717) is 23.4 Å². The maximum absolute atomic E-state index is 12.3. The van der Waals surface area contributed by atoms with Gasteiger partial charge in [-0.15, -0.1) is 5.10 Å². The predicted octanol–water partition coefficient (Wildman–Crippen LogP) is 0.315. The number of nitrogens with one attached hydrogen (secondary N) is 3. The number of piperidine rings is 1. The van der Waals surface area contributed by atoms with Crippen molar-refractivity contribution in [3.05, 3.63) is 36.3 Å². The third-order valence-electron chi connectivity index (χ3n) is 4.63. The molecular weight excluding hydrogens is 360 g/mol. The number of hydrogen-bond acceptors (Lipinski definition) is 8. The molecule has 146 valence electrons. The summed E-state index contributed by atoms with van der Waals surface area (Å²) in [5.74, 6) is 0.642. The van der Waals surface area contributed by atoms with Crippen molar-refractivity contribution in [3.63, 3.8) is 0 Å².